The van der Waals surface area contributed by atoms with E-state index in [-0.39, 0.29) is 17.7 Å². The second-order valence-corrected chi connectivity index (χ2v) is 5.65. The minimum absolute atomic E-state index is 0.0775. The fraction of sp³-hybridized carbons (Fsp3) is 0.688. The summed E-state index contributed by atoms with van der Waals surface area (Å²) in [6, 6.07) is 0.277. The maximum absolute atomic E-state index is 11.8. The van der Waals surface area contributed by atoms with Crippen molar-refractivity contribution < 1.29 is 14.3 Å². The molecule has 4 nitrogen and oxygen atoms in total. The van der Waals surface area contributed by atoms with Crippen molar-refractivity contribution >= 4 is 6.09 Å². The zero-order chi connectivity index (χ0) is 15.2. The Kier molecular flexibility index (Phi) is 6.27. The largest absolute Gasteiger partial charge is 0.450 e. The lowest BCUT2D eigenvalue weighted by molar-refractivity contribution is 0.129. The average Bonchev–Trinajstić information content (AvgIpc) is 2.94. The van der Waals surface area contributed by atoms with E-state index in [0.29, 0.717) is 19.8 Å². The maximum atomic E-state index is 11.8. The van der Waals surface area contributed by atoms with Gasteiger partial charge in [-0.3, -0.25) is 4.90 Å². The van der Waals surface area contributed by atoms with Crippen molar-refractivity contribution in [1.82, 2.24) is 4.90 Å². The fourth-order valence-corrected chi connectivity index (χ4v) is 2.42. The van der Waals surface area contributed by atoms with Crippen molar-refractivity contribution in [3.63, 3.8) is 0 Å². The smallest absolute Gasteiger partial charge is 0.410 e. The van der Waals surface area contributed by atoms with Crippen LogP contribution in [0.25, 0.3) is 0 Å². The van der Waals surface area contributed by atoms with E-state index in [4.69, 9.17) is 9.47 Å². The van der Waals surface area contributed by atoms with Crippen LogP contribution in [0.15, 0.2) is 24.3 Å². The Morgan fingerprint density at radius 1 is 1.40 bits per heavy atom. The summed E-state index contributed by atoms with van der Waals surface area (Å²) in [7, 11) is 0. The topological polar surface area (TPSA) is 38.5 Å². The highest BCUT2D eigenvalue weighted by Gasteiger charge is 2.58. The van der Waals surface area contributed by atoms with Gasteiger partial charge in [0, 0.05) is 0 Å². The molecule has 0 aromatic rings. The highest BCUT2D eigenvalue weighted by molar-refractivity contribution is 5.73. The van der Waals surface area contributed by atoms with Gasteiger partial charge in [-0.05, 0) is 40.5 Å². The molecule has 1 fully saturated rings. The van der Waals surface area contributed by atoms with Crippen LogP contribution in [0.2, 0.25) is 0 Å². The number of hydrogen-bond donors (Lipinski definition) is 0. The van der Waals surface area contributed by atoms with Gasteiger partial charge in [0.15, 0.2) is 0 Å². The summed E-state index contributed by atoms with van der Waals surface area (Å²) in [5, 5.41) is 0. The second-order valence-electron chi connectivity index (χ2n) is 5.65. The van der Waals surface area contributed by atoms with Crippen LogP contribution in [0.5, 0.6) is 0 Å². The van der Waals surface area contributed by atoms with E-state index in [1.807, 2.05) is 11.8 Å². The molecule has 114 valence electrons. The van der Waals surface area contributed by atoms with E-state index >= 15 is 0 Å². The van der Waals surface area contributed by atoms with Crippen LogP contribution < -0.4 is 0 Å². The van der Waals surface area contributed by atoms with Crippen LogP contribution in [-0.2, 0) is 9.47 Å². The Hall–Kier alpha value is -1.29. The molecule has 1 aliphatic rings. The van der Waals surface area contributed by atoms with Gasteiger partial charge in [-0.1, -0.05) is 17.7 Å². The number of rotatable bonds is 8. The van der Waals surface area contributed by atoms with Crippen molar-refractivity contribution in [1.29, 1.82) is 0 Å². The van der Waals surface area contributed by atoms with Gasteiger partial charge < -0.3 is 9.47 Å². The average molecular weight is 281 g/mol. The summed E-state index contributed by atoms with van der Waals surface area (Å²) in [4.78, 5) is 13.6. The molecule has 1 saturated heterocycles. The molecule has 1 amide bonds. The summed E-state index contributed by atoms with van der Waals surface area (Å²) < 4.78 is 10.4. The molecule has 0 saturated carbocycles. The van der Waals surface area contributed by atoms with Crippen LogP contribution in [-0.4, -0.2) is 42.4 Å². The second kappa shape index (κ2) is 7.48. The van der Waals surface area contributed by atoms with Gasteiger partial charge in [-0.2, -0.15) is 0 Å². The van der Waals surface area contributed by atoms with Crippen LogP contribution in [0, 0.1) is 0 Å². The first-order chi connectivity index (χ1) is 9.45. The normalized spacial score (nSPS) is 20.7. The lowest BCUT2D eigenvalue weighted by Crippen LogP contribution is -2.19. The fourth-order valence-electron chi connectivity index (χ4n) is 2.42. The van der Waals surface area contributed by atoms with Crippen LogP contribution in [0.4, 0.5) is 4.79 Å². The molecular weight excluding hydrogens is 254 g/mol. The molecule has 0 N–H and O–H groups in total. The van der Waals surface area contributed by atoms with Gasteiger partial charge in [0.25, 0.3) is 0 Å². The molecular formula is C16H27NO3. The predicted octanol–water partition coefficient (Wildman–Crippen LogP) is 3.53. The van der Waals surface area contributed by atoms with Crippen molar-refractivity contribution in [2.75, 3.05) is 19.8 Å². The van der Waals surface area contributed by atoms with Crippen LogP contribution >= 0.6 is 0 Å². The zero-order valence-corrected chi connectivity index (χ0v) is 13.1. The van der Waals surface area contributed by atoms with Crippen LogP contribution in [0.1, 0.15) is 40.5 Å². The van der Waals surface area contributed by atoms with Gasteiger partial charge in [0.2, 0.25) is 0 Å². The lowest BCUT2D eigenvalue weighted by atomic mass is 10.0. The molecule has 1 rings (SSSR count). The highest BCUT2D eigenvalue weighted by atomic mass is 16.6. The number of allylic oxidation sites excluding steroid dienone is 1. The lowest BCUT2D eigenvalue weighted by Gasteiger charge is -2.06. The molecule has 0 bridgehead atoms. The summed E-state index contributed by atoms with van der Waals surface area (Å²) in [6.45, 7) is 13.3. The molecule has 20 heavy (non-hydrogen) atoms. The molecule has 0 aromatic heterocycles. The number of hydrogen-bond acceptors (Lipinski definition) is 3. The SMILES string of the molecule is C=CCOC/C=C(/C)CCC1N(C(=O)OCC)C1(C)C. The molecule has 1 aliphatic heterocycles. The Morgan fingerprint density at radius 3 is 2.70 bits per heavy atom. The van der Waals surface area contributed by atoms with E-state index in [1.54, 1.807) is 6.08 Å². The molecule has 0 aromatic carbocycles. The first-order valence-corrected chi connectivity index (χ1v) is 7.25. The Morgan fingerprint density at radius 2 is 2.10 bits per heavy atom. The molecule has 4 heteroatoms. The summed E-state index contributed by atoms with van der Waals surface area (Å²) in [5.74, 6) is 0. The van der Waals surface area contributed by atoms with Gasteiger partial charge >= 0.3 is 6.09 Å². The molecule has 1 heterocycles. The maximum Gasteiger partial charge on any atom is 0.410 e. The number of ether oxygens (including phenoxy) is 2. The first-order valence-electron chi connectivity index (χ1n) is 7.25. The van der Waals surface area contributed by atoms with Gasteiger partial charge in [0.05, 0.1) is 31.4 Å². The van der Waals surface area contributed by atoms with Crippen molar-refractivity contribution in [2.24, 2.45) is 0 Å². The zero-order valence-electron chi connectivity index (χ0n) is 13.1. The summed E-state index contributed by atoms with van der Waals surface area (Å²) in [6.07, 6.45) is 5.58. The van der Waals surface area contributed by atoms with Gasteiger partial charge in [-0.15, -0.1) is 6.58 Å². The summed E-state index contributed by atoms with van der Waals surface area (Å²) in [5.41, 5.74) is 1.21. The van der Waals surface area contributed by atoms with Gasteiger partial charge in [-0.25, -0.2) is 4.79 Å². The third kappa shape index (κ3) is 4.37. The van der Waals surface area contributed by atoms with Crippen LogP contribution in [0.3, 0.4) is 0 Å². The van der Waals surface area contributed by atoms with E-state index < -0.39 is 0 Å². The number of carbonyl (C=O) groups excluding carboxylic acids is 1. The Bertz CT molecular complexity index is 374. The van der Waals surface area contributed by atoms with E-state index in [9.17, 15) is 4.79 Å². The third-order valence-electron chi connectivity index (χ3n) is 3.74. The molecule has 1 unspecified atom stereocenters. The third-order valence-corrected chi connectivity index (χ3v) is 3.74. The molecule has 0 aliphatic carbocycles. The van der Waals surface area contributed by atoms with E-state index in [1.165, 1.54) is 5.57 Å². The minimum Gasteiger partial charge on any atom is -0.450 e. The minimum atomic E-state index is -0.196. The quantitative estimate of drug-likeness (QED) is 0.388. The standard InChI is InChI=1S/C16H27NO3/c1-6-11-19-12-10-13(3)8-9-14-16(4,5)17(14)15(18)20-7-2/h6,10,14H,1,7-9,11-12H2,2-5H3/b13-10-. The van der Waals surface area contributed by atoms with E-state index in [2.05, 4.69) is 33.4 Å². The van der Waals surface area contributed by atoms with Gasteiger partial charge in [0.1, 0.15) is 0 Å². The number of nitrogens with zero attached hydrogens (tertiary/aromatic N) is 1. The van der Waals surface area contributed by atoms with Crippen molar-refractivity contribution in [3.05, 3.63) is 24.3 Å². The first kappa shape index (κ1) is 16.8. The molecule has 0 spiro atoms. The Labute approximate surface area is 122 Å². The van der Waals surface area contributed by atoms with Crippen molar-refractivity contribution in [2.45, 2.75) is 52.1 Å². The molecule has 1 atom stereocenters. The number of amides is 1. The van der Waals surface area contributed by atoms with Crippen molar-refractivity contribution in [3.8, 4) is 0 Å². The summed E-state index contributed by atoms with van der Waals surface area (Å²) >= 11 is 0. The molecule has 0 radical (unpaired) electrons. The predicted molar refractivity (Wildman–Crippen MR) is 80.7 cm³/mol. The van der Waals surface area contributed by atoms with E-state index in [0.717, 1.165) is 12.8 Å². The monoisotopic (exact) mass is 281 g/mol. The number of carbonyl (C=O) groups is 1. The highest BCUT2D eigenvalue weighted by Crippen LogP contribution is 2.44. The Balaban J connectivity index is 2.35.